The lowest BCUT2D eigenvalue weighted by Gasteiger charge is -2.23. The Morgan fingerprint density at radius 1 is 0.381 bits per heavy atom. The van der Waals surface area contributed by atoms with E-state index >= 15 is 0 Å². The molecule has 0 saturated heterocycles. The Labute approximate surface area is 825 Å². The van der Waals surface area contributed by atoms with Crippen LogP contribution in [0.3, 0.4) is 0 Å². The second-order valence-corrected chi connectivity index (χ2v) is 43.8. The SMILES string of the molecule is CC(C)(C)OC(=O)NCCN.CCN(CC)c1ccc2c(-c3ccc(S(=O)(=O)Cl)cc3S(=O)(=O)[O-])c3ccc(=[N+](CC)CC)cc-3oc2c1.CCN(CC)c1ccc2c(-c3ccc(S(=O)(=O)NCCNC(=O)OC(C)(C)C)cc3S(=O)(=O)[O-])c3ccc(=[N+](CC)CC)cc-3oc2c1.CCN(CC)c1ccc2c(-c3ccc(S(=O)(=O)NCC[NH3+])cc3S(=O)(=O)[O-])c3ccc(=[N+](CC)CC)cc-3oc2c1.[Cl-]. The Kier molecular flexibility index (Phi) is 39.4. The fourth-order valence-corrected chi connectivity index (χ4v) is 21.2. The van der Waals surface area contributed by atoms with Crippen molar-refractivity contribution >= 4 is 132 Å². The minimum atomic E-state index is -5.18. The van der Waals surface area contributed by atoms with E-state index < -0.39 is 107 Å². The van der Waals surface area contributed by atoms with Gasteiger partial charge in [-0.05, 0) is 216 Å². The lowest BCUT2D eigenvalue weighted by molar-refractivity contribution is -0.364. The van der Waals surface area contributed by atoms with Crippen molar-refractivity contribution in [1.29, 1.82) is 0 Å². The Hall–Kier alpha value is -10.7. The zero-order valence-corrected chi connectivity index (χ0v) is 87.9. The number of hydrogen-bond acceptors (Lipinski definition) is 26. The Bertz CT molecular complexity index is 7300. The summed E-state index contributed by atoms with van der Waals surface area (Å²) >= 11 is 0. The number of benzene rings is 9. The zero-order valence-electron chi connectivity index (χ0n) is 81.5. The molecule has 0 saturated carbocycles. The molecule has 2 amide bonds. The fourth-order valence-electron chi connectivity index (χ4n) is 15.9. The average molecular weight is 2080 g/mol. The van der Waals surface area contributed by atoms with E-state index in [0.29, 0.717) is 103 Å². The van der Waals surface area contributed by atoms with Crippen molar-refractivity contribution in [2.24, 2.45) is 5.73 Å². The van der Waals surface area contributed by atoms with Crippen molar-refractivity contribution in [2.75, 3.05) is 133 Å². The number of nitrogens with zero attached hydrogens (tertiary/aromatic N) is 6. The first-order chi connectivity index (χ1) is 64.9. The molecule has 0 fully saturated rings. The van der Waals surface area contributed by atoms with Gasteiger partial charge in [0.15, 0.2) is 0 Å². The number of ether oxygens (including phenoxy) is 2. The third-order valence-electron chi connectivity index (χ3n) is 22.6. The number of amides is 2. The van der Waals surface area contributed by atoms with Gasteiger partial charge in [-0.25, -0.2) is 83.3 Å². The van der Waals surface area contributed by atoms with Crippen LogP contribution in [0.5, 0.6) is 0 Å². The second-order valence-electron chi connectivity index (χ2n) is 33.6. The molecule has 3 aliphatic heterocycles. The molecule has 0 atom stereocenters. The molecule has 6 aliphatic rings. The largest absolute Gasteiger partial charge is 1.00 e. The number of sulfonamides is 2. The van der Waals surface area contributed by atoms with Crippen molar-refractivity contribution < 1.29 is 115 Å². The highest BCUT2D eigenvalue weighted by Crippen LogP contribution is 2.48. The first-order valence-electron chi connectivity index (χ1n) is 45.6. The first-order valence-corrected chi connectivity index (χ1v) is 55.1. The summed E-state index contributed by atoms with van der Waals surface area (Å²) in [6, 6.07) is 44.2. The van der Waals surface area contributed by atoms with Gasteiger partial charge in [-0.1, -0.05) is 18.2 Å². The number of alkyl carbamates (subject to hydrolysis) is 2. The van der Waals surface area contributed by atoms with Crippen LogP contribution in [0.2, 0.25) is 0 Å². The number of anilines is 3. The summed E-state index contributed by atoms with van der Waals surface area (Å²) in [5.41, 5.74) is 15.2. The molecule has 3 aliphatic carbocycles. The van der Waals surface area contributed by atoms with Crippen LogP contribution >= 0.6 is 10.7 Å². The number of carbonyl (C=O) groups excluding carboxylic acids is 2. The van der Waals surface area contributed by atoms with Gasteiger partial charge >= 0.3 is 12.2 Å². The normalized spacial score (nSPS) is 12.1. The van der Waals surface area contributed by atoms with Gasteiger partial charge in [0.2, 0.25) is 36.1 Å². The highest BCUT2D eigenvalue weighted by atomic mass is 35.7. The predicted octanol–water partition coefficient (Wildman–Crippen LogP) is 9.03. The van der Waals surface area contributed by atoms with Gasteiger partial charge in [-0.15, -0.1) is 0 Å². The summed E-state index contributed by atoms with van der Waals surface area (Å²) < 4.78 is 230. The van der Waals surface area contributed by atoms with Crippen molar-refractivity contribution in [1.82, 2.24) is 33.8 Å². The molecule has 9 N–H and O–H groups in total. The van der Waals surface area contributed by atoms with E-state index in [1.165, 1.54) is 36.4 Å². The van der Waals surface area contributed by atoms with Gasteiger partial charge in [0.25, 0.3) is 9.05 Å². The maximum Gasteiger partial charge on any atom is 0.407 e. The number of fused-ring (bicyclic) bond motifs is 6. The predicted molar refractivity (Wildman–Crippen MR) is 537 cm³/mol. The van der Waals surface area contributed by atoms with Gasteiger partial charge in [0.1, 0.15) is 115 Å². The molecular weight excluding hydrogens is 1950 g/mol. The molecule has 0 unspecified atom stereocenters. The smallest absolute Gasteiger partial charge is 0.407 e. The number of halogens is 2. The lowest BCUT2D eigenvalue weighted by Crippen LogP contribution is -3.00. The number of hydrogen-bond donors (Lipinski definition) is 6. The van der Waals surface area contributed by atoms with E-state index in [9.17, 15) is 73.8 Å². The minimum Gasteiger partial charge on any atom is -1.00 e. The van der Waals surface area contributed by atoms with Crippen LogP contribution in [0.15, 0.2) is 206 Å². The number of quaternary nitrogens is 1. The third-order valence-corrected chi connectivity index (χ3v) is 29.5. The van der Waals surface area contributed by atoms with Crippen LogP contribution < -0.4 is 88.5 Å². The van der Waals surface area contributed by atoms with E-state index in [1.54, 1.807) is 20.8 Å². The second kappa shape index (κ2) is 48.2. The van der Waals surface area contributed by atoms with Crippen LogP contribution in [0.4, 0.5) is 26.7 Å². The van der Waals surface area contributed by atoms with E-state index in [0.717, 1.165) is 130 Å². The molecule has 0 radical (unpaired) electrons. The quantitative estimate of drug-likeness (QED) is 0.00734. The molecule has 6 aromatic rings. The molecule has 42 heteroatoms. The monoisotopic (exact) mass is 2070 g/mol. The van der Waals surface area contributed by atoms with E-state index in [4.69, 9.17) is 39.1 Å². The minimum absolute atomic E-state index is 0. The van der Waals surface area contributed by atoms with Crippen LogP contribution in [0, 0.1) is 0 Å². The van der Waals surface area contributed by atoms with Gasteiger partial charge in [-0.3, -0.25) is 0 Å². The molecule has 34 nitrogen and oxygen atoms in total. The summed E-state index contributed by atoms with van der Waals surface area (Å²) in [4.78, 5) is 26.0. The highest BCUT2D eigenvalue weighted by Gasteiger charge is 2.31. The molecular formula is C97H126Cl2N12O22S6. The molecule has 0 bridgehead atoms. The van der Waals surface area contributed by atoms with E-state index in [2.05, 4.69) is 81.9 Å². The summed E-state index contributed by atoms with van der Waals surface area (Å²) in [5, 5.41) is 9.46. The number of carbonyl (C=O) groups is 2. The van der Waals surface area contributed by atoms with Gasteiger partial charge in [0.05, 0.1) is 60.7 Å². The average Bonchev–Trinajstić information content (AvgIpc) is 0.744. The van der Waals surface area contributed by atoms with Crippen molar-refractivity contribution in [3.63, 3.8) is 0 Å². The Morgan fingerprint density at radius 3 is 0.914 bits per heavy atom. The van der Waals surface area contributed by atoms with Crippen LogP contribution in [-0.2, 0) is 68.9 Å². The summed E-state index contributed by atoms with van der Waals surface area (Å²) in [5.74, 6) is 1.48. The van der Waals surface area contributed by atoms with Gasteiger partial charge < -0.3 is 85.6 Å². The van der Waals surface area contributed by atoms with Gasteiger partial charge in [-0.2, -0.15) is 0 Å². The molecule has 139 heavy (non-hydrogen) atoms. The molecule has 756 valence electrons. The summed E-state index contributed by atoms with van der Waals surface area (Å²) in [6.07, 6.45) is -1.13. The summed E-state index contributed by atoms with van der Waals surface area (Å²) in [7, 11) is -22.5. The molecule has 0 aromatic heterocycles. The van der Waals surface area contributed by atoms with E-state index in [-0.39, 0.29) is 53.6 Å². The van der Waals surface area contributed by atoms with Crippen molar-refractivity contribution in [3.8, 4) is 67.4 Å². The van der Waals surface area contributed by atoms with Gasteiger partial charge in [0, 0.05) is 196 Å². The molecule has 12 rings (SSSR count). The fraction of sp³-hybridized carbons (Fsp3) is 0.392. The first kappa shape index (κ1) is 114. The Balaban J connectivity index is 0.000000242. The zero-order chi connectivity index (χ0) is 102. The van der Waals surface area contributed by atoms with E-state index in [1.807, 2.05) is 185 Å². The Morgan fingerprint density at radius 2 is 0.655 bits per heavy atom. The summed E-state index contributed by atoms with van der Waals surface area (Å²) in [6.45, 7) is 45.4. The highest BCUT2D eigenvalue weighted by molar-refractivity contribution is 8.13. The number of nitrogens with one attached hydrogen (secondary N) is 4. The molecule has 0 spiro atoms. The number of nitrogens with two attached hydrogens (primary N) is 1. The van der Waals surface area contributed by atoms with Crippen molar-refractivity contribution in [2.45, 2.75) is 165 Å². The van der Waals surface area contributed by atoms with Crippen molar-refractivity contribution in [3.05, 3.63) is 180 Å². The standard InChI is InChI=1S/C34H44N4O8S2.C29H36N4O6S2.C27H29ClN2O6S2.C7H16N2O2.ClH/c1-8-37(9-2)23-12-15-26-29(20-23)45-30-21-24(38(10-3)11-4)13-16-27(30)32(26)28-17-14-25(22-31(28)48(42,43)44)47(40,41)36-19-18-35-33(39)46-34(5,6)7;1-5-32(6-2)20-9-12-23-26(17-20)39-27-18-21(33(7-3)8-4)10-13-24(27)29(23)25-14-11-22(19-28(25)41(36,37)38)40(34,35)31-16-15-30;1-5-29(6-2)18-9-12-21-24(15-18)36-25-16-19(30(7-3)8-4)10-13-22(25)27(21)23-14-11-20(37(28,31)32)17-26(23)38(33,34)35;1-7(2,3)11-6(10)9-5-4-8;/h12-17,20-22,36H,8-11,18-19H2,1-7H3,(H-,35,39,42,43,44);9-14,17-19,31H,5-8,15-16,30H2,1-4H3;9-17H,5-8H2,1-4H3;4-5,8H2,1-3H3,(H,9,10);1H. The topological polar surface area (TPSA) is 487 Å². The van der Waals surface area contributed by atoms with Crippen LogP contribution in [0.25, 0.3) is 100 Å². The molecule has 3 heterocycles. The molecule has 6 aromatic carbocycles. The van der Waals surface area contributed by atoms with Crippen LogP contribution in [-0.4, -0.2) is 205 Å². The third kappa shape index (κ3) is 28.4. The van der Waals surface area contributed by atoms with Crippen LogP contribution in [0.1, 0.15) is 125 Å². The maximum absolute atomic E-state index is 13.2. The number of rotatable bonds is 33. The lowest BCUT2D eigenvalue weighted by atomic mass is 9.93. The maximum atomic E-state index is 13.2.